The van der Waals surface area contributed by atoms with Gasteiger partial charge >= 0.3 is 5.97 Å². The highest BCUT2D eigenvalue weighted by Gasteiger charge is 2.13. The summed E-state index contributed by atoms with van der Waals surface area (Å²) in [4.78, 5) is 11.6. The SMILES string of the molecule is C=Cc1ccccc1OC(=O)C(=C)C(=C)C#N. The molecular formula is C14H11NO2. The number of ether oxygens (including phenoxy) is 1. The molecule has 0 aliphatic rings. The third-order valence-corrected chi connectivity index (χ3v) is 2.09. The molecule has 0 fully saturated rings. The summed E-state index contributed by atoms with van der Waals surface area (Å²) in [6.45, 7) is 10.5. The Balaban J connectivity index is 2.89. The Labute approximate surface area is 99.9 Å². The van der Waals surface area contributed by atoms with Gasteiger partial charge < -0.3 is 4.74 Å². The van der Waals surface area contributed by atoms with Crippen LogP contribution in [0.2, 0.25) is 0 Å². The Morgan fingerprint density at radius 1 is 1.35 bits per heavy atom. The highest BCUT2D eigenvalue weighted by atomic mass is 16.5. The molecule has 0 radical (unpaired) electrons. The van der Waals surface area contributed by atoms with Crippen molar-refractivity contribution in [2.24, 2.45) is 0 Å². The number of nitriles is 1. The summed E-state index contributed by atoms with van der Waals surface area (Å²) in [5, 5.41) is 8.59. The fourth-order valence-corrected chi connectivity index (χ4v) is 1.09. The Morgan fingerprint density at radius 2 is 2.00 bits per heavy atom. The van der Waals surface area contributed by atoms with Crippen LogP contribution in [0.15, 0.2) is 55.1 Å². The number of esters is 1. The van der Waals surface area contributed by atoms with Crippen molar-refractivity contribution in [2.45, 2.75) is 0 Å². The summed E-state index contributed by atoms with van der Waals surface area (Å²) in [5.41, 5.74) is 0.633. The molecule has 0 aliphatic carbocycles. The number of para-hydroxylation sites is 1. The van der Waals surface area contributed by atoms with Crippen molar-refractivity contribution in [1.82, 2.24) is 0 Å². The van der Waals surface area contributed by atoms with Crippen molar-refractivity contribution in [3.63, 3.8) is 0 Å². The van der Waals surface area contributed by atoms with Crippen LogP contribution in [-0.4, -0.2) is 5.97 Å². The fourth-order valence-electron chi connectivity index (χ4n) is 1.09. The van der Waals surface area contributed by atoms with Gasteiger partial charge in [-0.1, -0.05) is 44.0 Å². The first-order valence-corrected chi connectivity index (χ1v) is 4.82. The highest BCUT2D eigenvalue weighted by Crippen LogP contribution is 2.20. The molecule has 0 amide bonds. The van der Waals surface area contributed by atoms with Crippen LogP contribution < -0.4 is 4.74 Å². The second-order valence-corrected chi connectivity index (χ2v) is 3.20. The van der Waals surface area contributed by atoms with Gasteiger partial charge in [0.05, 0.1) is 17.2 Å². The normalized spacial score (nSPS) is 8.88. The molecule has 0 bridgehead atoms. The molecule has 17 heavy (non-hydrogen) atoms. The number of benzene rings is 1. The molecule has 0 saturated carbocycles. The van der Waals surface area contributed by atoms with Gasteiger partial charge in [-0.25, -0.2) is 4.79 Å². The van der Waals surface area contributed by atoms with Crippen LogP contribution >= 0.6 is 0 Å². The Morgan fingerprint density at radius 3 is 2.59 bits per heavy atom. The molecule has 1 aromatic carbocycles. The van der Waals surface area contributed by atoms with E-state index < -0.39 is 5.97 Å². The van der Waals surface area contributed by atoms with Crippen molar-refractivity contribution in [3.8, 4) is 11.8 Å². The van der Waals surface area contributed by atoms with E-state index in [9.17, 15) is 4.79 Å². The highest BCUT2D eigenvalue weighted by molar-refractivity contribution is 5.95. The summed E-state index contributed by atoms with van der Waals surface area (Å²) < 4.78 is 5.10. The molecular weight excluding hydrogens is 214 g/mol. The van der Waals surface area contributed by atoms with Gasteiger partial charge in [0.25, 0.3) is 0 Å². The fraction of sp³-hybridized carbons (Fsp3) is 0. The van der Waals surface area contributed by atoms with E-state index in [0.717, 1.165) is 0 Å². The van der Waals surface area contributed by atoms with E-state index in [1.165, 1.54) is 0 Å². The van der Waals surface area contributed by atoms with E-state index >= 15 is 0 Å². The van der Waals surface area contributed by atoms with Crippen molar-refractivity contribution >= 4 is 12.0 Å². The minimum absolute atomic E-state index is 0.00826. The number of carbonyl (C=O) groups excluding carboxylic acids is 1. The lowest BCUT2D eigenvalue weighted by Gasteiger charge is -2.07. The Bertz CT molecular complexity index is 535. The predicted octanol–water partition coefficient (Wildman–Crippen LogP) is 2.87. The lowest BCUT2D eigenvalue weighted by Crippen LogP contribution is -2.11. The van der Waals surface area contributed by atoms with Gasteiger partial charge in [-0.05, 0) is 6.07 Å². The van der Waals surface area contributed by atoms with E-state index in [1.807, 2.05) is 0 Å². The van der Waals surface area contributed by atoms with Crippen LogP contribution in [0.5, 0.6) is 5.75 Å². The Kier molecular flexibility index (Phi) is 4.02. The van der Waals surface area contributed by atoms with Crippen LogP contribution in [-0.2, 0) is 4.79 Å². The van der Waals surface area contributed by atoms with Gasteiger partial charge in [-0.15, -0.1) is 0 Å². The molecule has 0 aromatic heterocycles. The number of hydrogen-bond donors (Lipinski definition) is 0. The number of carbonyl (C=O) groups is 1. The minimum Gasteiger partial charge on any atom is -0.422 e. The smallest absolute Gasteiger partial charge is 0.344 e. The molecule has 0 saturated heterocycles. The van der Waals surface area contributed by atoms with Gasteiger partial charge in [0.1, 0.15) is 5.75 Å². The van der Waals surface area contributed by atoms with Crippen molar-refractivity contribution in [1.29, 1.82) is 5.26 Å². The number of nitrogens with zero attached hydrogens (tertiary/aromatic N) is 1. The monoisotopic (exact) mass is 225 g/mol. The number of rotatable bonds is 4. The summed E-state index contributed by atoms with van der Waals surface area (Å²) >= 11 is 0. The molecule has 0 N–H and O–H groups in total. The zero-order chi connectivity index (χ0) is 12.8. The molecule has 1 aromatic rings. The third kappa shape index (κ3) is 2.93. The summed E-state index contributed by atoms with van der Waals surface area (Å²) in [6, 6.07) is 8.68. The molecule has 0 spiro atoms. The maximum atomic E-state index is 11.6. The van der Waals surface area contributed by atoms with Gasteiger partial charge in [-0.2, -0.15) is 5.26 Å². The van der Waals surface area contributed by atoms with Gasteiger partial charge in [0.15, 0.2) is 0 Å². The van der Waals surface area contributed by atoms with Crippen molar-refractivity contribution in [3.05, 3.63) is 60.7 Å². The molecule has 84 valence electrons. The first-order chi connectivity index (χ1) is 8.10. The minimum atomic E-state index is -0.689. The molecule has 0 heterocycles. The average Bonchev–Trinajstić information content (AvgIpc) is 2.37. The first kappa shape index (κ1) is 12.5. The molecule has 3 heteroatoms. The van der Waals surface area contributed by atoms with E-state index in [2.05, 4.69) is 19.7 Å². The van der Waals surface area contributed by atoms with Crippen LogP contribution in [0.4, 0.5) is 0 Å². The lowest BCUT2D eigenvalue weighted by atomic mass is 10.1. The molecule has 0 atom stereocenters. The van der Waals surface area contributed by atoms with E-state index in [1.54, 1.807) is 36.4 Å². The average molecular weight is 225 g/mol. The summed E-state index contributed by atoms with van der Waals surface area (Å²) in [6.07, 6.45) is 1.57. The van der Waals surface area contributed by atoms with Crippen LogP contribution in [0.25, 0.3) is 6.08 Å². The van der Waals surface area contributed by atoms with Gasteiger partial charge in [-0.3, -0.25) is 0 Å². The Hall–Kier alpha value is -2.60. The van der Waals surface area contributed by atoms with Crippen molar-refractivity contribution < 1.29 is 9.53 Å². The second-order valence-electron chi connectivity index (χ2n) is 3.20. The largest absolute Gasteiger partial charge is 0.422 e. The van der Waals surface area contributed by atoms with Crippen molar-refractivity contribution in [2.75, 3.05) is 0 Å². The van der Waals surface area contributed by atoms with Gasteiger partial charge in [0, 0.05) is 5.56 Å². The van der Waals surface area contributed by atoms with Crippen LogP contribution in [0.1, 0.15) is 5.56 Å². The molecule has 3 nitrogen and oxygen atoms in total. The standard InChI is InChI=1S/C14H11NO2/c1-4-12-7-5-6-8-13(12)17-14(16)11(3)10(2)9-15/h4-8H,1-3H2. The quantitative estimate of drug-likeness (QED) is 0.260. The zero-order valence-corrected chi connectivity index (χ0v) is 9.27. The number of hydrogen-bond acceptors (Lipinski definition) is 3. The first-order valence-electron chi connectivity index (χ1n) is 4.82. The van der Waals surface area contributed by atoms with E-state index in [0.29, 0.717) is 11.3 Å². The van der Waals surface area contributed by atoms with Crippen LogP contribution in [0.3, 0.4) is 0 Å². The third-order valence-electron chi connectivity index (χ3n) is 2.09. The molecule has 0 unspecified atom stereocenters. The maximum absolute atomic E-state index is 11.6. The molecule has 1 rings (SSSR count). The molecule has 0 aliphatic heterocycles. The van der Waals surface area contributed by atoms with E-state index in [4.69, 9.17) is 10.00 Å². The van der Waals surface area contributed by atoms with E-state index in [-0.39, 0.29) is 11.1 Å². The maximum Gasteiger partial charge on any atom is 0.344 e. The van der Waals surface area contributed by atoms with Gasteiger partial charge in [0.2, 0.25) is 0 Å². The second kappa shape index (κ2) is 5.47. The summed E-state index contributed by atoms with van der Waals surface area (Å²) in [7, 11) is 0. The summed E-state index contributed by atoms with van der Waals surface area (Å²) in [5.74, 6) is -0.315. The topological polar surface area (TPSA) is 50.1 Å². The lowest BCUT2D eigenvalue weighted by molar-refractivity contribution is -0.129. The zero-order valence-electron chi connectivity index (χ0n) is 9.27. The predicted molar refractivity (Wildman–Crippen MR) is 66.1 cm³/mol. The van der Waals surface area contributed by atoms with Crippen LogP contribution in [0, 0.1) is 11.3 Å².